The number of carbonyl (C=O) groups is 2. The maximum Gasteiger partial charge on any atom is 0.305 e. The number of carbonyl (C=O) groups excluding carboxylic acids is 2. The van der Waals surface area contributed by atoms with Gasteiger partial charge in [0.15, 0.2) is 6.29 Å². The molecule has 7 atom stereocenters. The first-order valence-electron chi connectivity index (χ1n) is 41.1. The topological polar surface area (TPSA) is 175 Å². The Balaban J connectivity index is 1.85. The predicted octanol–water partition coefficient (Wildman–Crippen LogP) is 22.4. The molecule has 11 nitrogen and oxygen atoms in total. The molecule has 1 aliphatic rings. The van der Waals surface area contributed by atoms with Crippen LogP contribution in [-0.2, 0) is 23.8 Å². The van der Waals surface area contributed by atoms with Crippen molar-refractivity contribution >= 4 is 11.9 Å². The zero-order valence-corrected chi connectivity index (χ0v) is 62.1. The summed E-state index contributed by atoms with van der Waals surface area (Å²) >= 11 is 0. The van der Waals surface area contributed by atoms with Crippen molar-refractivity contribution in [3.05, 3.63) is 60.8 Å². The lowest BCUT2D eigenvalue weighted by Crippen LogP contribution is -2.60. The average Bonchev–Trinajstić information content (AvgIpc) is 0.847. The SMILES string of the molecule is CCCCC/C=C\C/C=C\CCCCCCCCCCCC(=O)OCCCCCCCCCCCCCCCCC/C=C\C/C=C\CCCCCCCCCCCCCCCCCCCC(=O)NC(COC1OC(CO)C(O)C(O)C1O)C(O)/C=C/CCCCCCCCC. The van der Waals surface area contributed by atoms with Gasteiger partial charge in [0.1, 0.15) is 24.4 Å². The molecule has 0 spiro atoms. The van der Waals surface area contributed by atoms with E-state index in [0.717, 1.165) is 70.6 Å². The third-order valence-electron chi connectivity index (χ3n) is 19.3. The van der Waals surface area contributed by atoms with Crippen LogP contribution in [-0.4, -0.2) is 100 Å². The summed E-state index contributed by atoms with van der Waals surface area (Å²) in [5, 5.41) is 54.4. The quantitative estimate of drug-likeness (QED) is 0.0195. The first-order chi connectivity index (χ1) is 46.7. The molecule has 556 valence electrons. The first kappa shape index (κ1) is 90.4. The van der Waals surface area contributed by atoms with Gasteiger partial charge in [0.2, 0.25) is 5.91 Å². The largest absolute Gasteiger partial charge is 0.466 e. The van der Waals surface area contributed by atoms with Gasteiger partial charge in [-0.25, -0.2) is 0 Å². The third-order valence-corrected chi connectivity index (χ3v) is 19.3. The third kappa shape index (κ3) is 61.0. The van der Waals surface area contributed by atoms with Crippen molar-refractivity contribution < 1.29 is 49.3 Å². The Morgan fingerprint density at radius 1 is 0.389 bits per heavy atom. The summed E-state index contributed by atoms with van der Waals surface area (Å²) in [6.45, 7) is 4.33. The van der Waals surface area contributed by atoms with Gasteiger partial charge in [0, 0.05) is 12.8 Å². The Bertz CT molecular complexity index is 1770. The van der Waals surface area contributed by atoms with Gasteiger partial charge in [-0.05, 0) is 96.3 Å². The van der Waals surface area contributed by atoms with Crippen LogP contribution in [0.1, 0.15) is 399 Å². The molecule has 1 aliphatic heterocycles. The number of aliphatic hydroxyl groups excluding tert-OH is 5. The molecule has 1 saturated heterocycles. The van der Waals surface area contributed by atoms with E-state index in [0.29, 0.717) is 19.4 Å². The van der Waals surface area contributed by atoms with E-state index in [4.69, 9.17) is 14.2 Å². The number of amides is 1. The van der Waals surface area contributed by atoms with Crippen molar-refractivity contribution in [2.24, 2.45) is 0 Å². The summed E-state index contributed by atoms with van der Waals surface area (Å²) in [5.41, 5.74) is 0. The van der Waals surface area contributed by atoms with Crippen molar-refractivity contribution in [2.45, 2.75) is 442 Å². The van der Waals surface area contributed by atoms with Crippen molar-refractivity contribution in [2.75, 3.05) is 19.8 Å². The highest BCUT2D eigenvalue weighted by Crippen LogP contribution is 2.24. The van der Waals surface area contributed by atoms with E-state index in [9.17, 15) is 35.1 Å². The standard InChI is InChI=1S/C84H155NO10/c1-3-5-7-9-11-13-14-15-16-17-39-43-46-49-52-56-60-64-68-72-80(89)93-73-69-65-61-57-53-50-47-44-41-38-36-34-32-30-28-26-24-22-20-18-19-21-23-25-27-29-31-33-35-37-40-42-45-48-51-55-59-63-67-71-79(88)85-76(77(87)70-66-62-58-54-12-10-8-6-4-2)75-94-84-83(92)82(91)81(90)78(74-86)95-84/h11,13,15-16,18-19,22,24,66,70,76-78,81-84,86-87,90-92H,3-10,12,14,17,20-21,23,25-65,67-69,71-75H2,1-2H3,(H,85,88)/b13-11-,16-15-,19-18-,24-22-,70-66+. The summed E-state index contributed by atoms with van der Waals surface area (Å²) in [7, 11) is 0. The van der Waals surface area contributed by atoms with Crippen LogP contribution in [0, 0.1) is 0 Å². The molecule has 0 aliphatic carbocycles. The molecule has 1 rings (SSSR count). The van der Waals surface area contributed by atoms with Crippen LogP contribution < -0.4 is 5.32 Å². The van der Waals surface area contributed by atoms with Crippen molar-refractivity contribution in [1.82, 2.24) is 5.32 Å². The second kappa shape index (κ2) is 72.6. The molecular formula is C84H155NO10. The second-order valence-electron chi connectivity index (χ2n) is 28.5. The first-order valence-corrected chi connectivity index (χ1v) is 41.1. The van der Waals surface area contributed by atoms with Crippen molar-refractivity contribution in [3.8, 4) is 0 Å². The Morgan fingerprint density at radius 2 is 0.705 bits per heavy atom. The molecule has 7 unspecified atom stereocenters. The van der Waals surface area contributed by atoms with Crippen molar-refractivity contribution in [3.63, 3.8) is 0 Å². The van der Waals surface area contributed by atoms with Gasteiger partial charge in [-0.1, -0.05) is 351 Å². The molecule has 6 N–H and O–H groups in total. The van der Waals surface area contributed by atoms with E-state index in [1.165, 1.54) is 302 Å². The number of hydrogen-bond donors (Lipinski definition) is 6. The Labute approximate surface area is 586 Å². The molecular weight excluding hydrogens is 1180 g/mol. The normalized spacial score (nSPS) is 17.7. The maximum atomic E-state index is 13.0. The van der Waals surface area contributed by atoms with E-state index in [-0.39, 0.29) is 18.5 Å². The lowest BCUT2D eigenvalue weighted by atomic mass is 9.99. The summed E-state index contributed by atoms with van der Waals surface area (Å²) in [4.78, 5) is 25.2. The molecule has 0 bridgehead atoms. The Hall–Kier alpha value is -2.64. The van der Waals surface area contributed by atoms with Gasteiger partial charge in [-0.2, -0.15) is 0 Å². The van der Waals surface area contributed by atoms with Gasteiger partial charge >= 0.3 is 5.97 Å². The fourth-order valence-corrected chi connectivity index (χ4v) is 12.9. The number of rotatable bonds is 73. The summed E-state index contributed by atoms with van der Waals surface area (Å²) in [6, 6.07) is -0.807. The molecule has 0 saturated carbocycles. The number of unbranched alkanes of at least 4 members (excludes halogenated alkanes) is 51. The minimum Gasteiger partial charge on any atom is -0.466 e. The monoisotopic (exact) mass is 1340 g/mol. The van der Waals surface area contributed by atoms with Crippen LogP contribution in [0.3, 0.4) is 0 Å². The van der Waals surface area contributed by atoms with Crippen LogP contribution in [0.4, 0.5) is 0 Å². The zero-order valence-electron chi connectivity index (χ0n) is 62.1. The highest BCUT2D eigenvalue weighted by Gasteiger charge is 2.44. The van der Waals surface area contributed by atoms with Gasteiger partial charge in [-0.15, -0.1) is 0 Å². The Morgan fingerprint density at radius 3 is 1.08 bits per heavy atom. The fourth-order valence-electron chi connectivity index (χ4n) is 12.9. The number of aliphatic hydroxyl groups is 5. The molecule has 0 radical (unpaired) electrons. The summed E-state index contributed by atoms with van der Waals surface area (Å²) < 4.78 is 16.8. The van der Waals surface area contributed by atoms with Gasteiger partial charge in [0.05, 0.1) is 32.0 Å². The number of allylic oxidation sites excluding steroid dienone is 9. The lowest BCUT2D eigenvalue weighted by Gasteiger charge is -2.40. The minimum atomic E-state index is -1.57. The minimum absolute atomic E-state index is 0.0110. The van der Waals surface area contributed by atoms with E-state index < -0.39 is 49.5 Å². The molecule has 0 aromatic rings. The van der Waals surface area contributed by atoms with Gasteiger partial charge in [-0.3, -0.25) is 9.59 Å². The Kier molecular flexibility index (Phi) is 69.1. The molecule has 1 heterocycles. The highest BCUT2D eigenvalue weighted by atomic mass is 16.7. The lowest BCUT2D eigenvalue weighted by molar-refractivity contribution is -0.302. The van der Waals surface area contributed by atoms with Crippen LogP contribution in [0.2, 0.25) is 0 Å². The van der Waals surface area contributed by atoms with Gasteiger partial charge < -0.3 is 45.1 Å². The molecule has 95 heavy (non-hydrogen) atoms. The maximum absolute atomic E-state index is 13.0. The summed E-state index contributed by atoms with van der Waals surface area (Å²) in [5.74, 6) is -0.168. The molecule has 1 amide bonds. The van der Waals surface area contributed by atoms with E-state index in [1.807, 2.05) is 6.08 Å². The van der Waals surface area contributed by atoms with Crippen LogP contribution in [0.5, 0.6) is 0 Å². The van der Waals surface area contributed by atoms with Crippen LogP contribution >= 0.6 is 0 Å². The number of esters is 1. The van der Waals surface area contributed by atoms with E-state index in [2.05, 4.69) is 67.8 Å². The smallest absolute Gasteiger partial charge is 0.305 e. The van der Waals surface area contributed by atoms with Crippen molar-refractivity contribution in [1.29, 1.82) is 0 Å². The van der Waals surface area contributed by atoms with Crippen LogP contribution in [0.15, 0.2) is 60.8 Å². The number of ether oxygens (including phenoxy) is 3. The second-order valence-corrected chi connectivity index (χ2v) is 28.5. The summed E-state index contributed by atoms with van der Waals surface area (Å²) in [6.07, 6.45) is 88.5. The molecule has 11 heteroatoms. The zero-order chi connectivity index (χ0) is 68.6. The van der Waals surface area contributed by atoms with Gasteiger partial charge in [0.25, 0.3) is 0 Å². The number of hydrogen-bond acceptors (Lipinski definition) is 10. The van der Waals surface area contributed by atoms with E-state index in [1.54, 1.807) is 6.08 Å². The van der Waals surface area contributed by atoms with E-state index >= 15 is 0 Å². The highest BCUT2D eigenvalue weighted by molar-refractivity contribution is 5.76. The number of nitrogens with one attached hydrogen (secondary N) is 1. The average molecular weight is 1340 g/mol. The van der Waals surface area contributed by atoms with Crippen LogP contribution in [0.25, 0.3) is 0 Å². The molecule has 0 aromatic heterocycles. The molecule has 1 fully saturated rings. The molecule has 0 aromatic carbocycles. The predicted molar refractivity (Wildman–Crippen MR) is 403 cm³/mol. The fraction of sp³-hybridized carbons (Fsp3) is 0.857.